The first-order valence-electron chi connectivity index (χ1n) is 16.3. The summed E-state index contributed by atoms with van der Waals surface area (Å²) in [6.07, 6.45) is 1.77. The molecule has 2 amide bonds. The largest absolute Gasteiger partial charge is 0.493 e. The lowest BCUT2D eigenvalue weighted by molar-refractivity contribution is 0.0572. The Kier molecular flexibility index (Phi) is 10.0. The number of carbonyl (C=O) groups excluding carboxylic acids is 2. The minimum absolute atomic E-state index is 0.0350. The first kappa shape index (κ1) is 34.2. The molecule has 0 bridgehead atoms. The maximum absolute atomic E-state index is 14.4. The van der Waals surface area contributed by atoms with E-state index in [1.54, 1.807) is 24.3 Å². The SMILES string of the molecule is COc1ccc([C@@H](CCCNS(=O)(=O)c2cnoc2C)N2C(=O)c3cccc(N4CCN(C(C)c5ccccc5)CC4)c3C2=O)cc1OC. The number of hydrogen-bond donors (Lipinski definition) is 1. The number of methoxy groups -OCH3 is 2. The third-order valence-corrected chi connectivity index (χ3v) is 11.0. The molecule has 2 atom stereocenters. The van der Waals surface area contributed by atoms with Crippen LogP contribution in [0.15, 0.2) is 82.3 Å². The summed E-state index contributed by atoms with van der Waals surface area (Å²) < 4.78 is 44.2. The fraction of sp³-hybridized carbons (Fsp3) is 0.361. The number of nitrogens with zero attached hydrogens (tertiary/aromatic N) is 4. The minimum Gasteiger partial charge on any atom is -0.493 e. The van der Waals surface area contributed by atoms with Crippen LogP contribution >= 0.6 is 0 Å². The molecular formula is C36H41N5O7S. The number of anilines is 1. The second-order valence-electron chi connectivity index (χ2n) is 12.2. The van der Waals surface area contributed by atoms with Crippen LogP contribution in [0.1, 0.15) is 69.5 Å². The Bertz CT molecular complexity index is 1920. The van der Waals surface area contributed by atoms with Gasteiger partial charge in [-0.2, -0.15) is 0 Å². The number of piperazine rings is 1. The number of aryl methyl sites for hydroxylation is 1. The third-order valence-electron chi connectivity index (χ3n) is 9.46. The summed E-state index contributed by atoms with van der Waals surface area (Å²) in [6, 6.07) is 20.7. The Labute approximate surface area is 286 Å². The molecule has 3 aromatic carbocycles. The fourth-order valence-electron chi connectivity index (χ4n) is 6.76. The van der Waals surface area contributed by atoms with Gasteiger partial charge < -0.3 is 18.9 Å². The number of hydrogen-bond acceptors (Lipinski definition) is 10. The molecule has 1 aromatic heterocycles. The van der Waals surface area contributed by atoms with E-state index < -0.39 is 22.0 Å². The smallest absolute Gasteiger partial charge is 0.264 e. The average Bonchev–Trinajstić information content (AvgIpc) is 3.68. The Hall–Kier alpha value is -4.72. The first-order chi connectivity index (χ1) is 23.6. The van der Waals surface area contributed by atoms with Gasteiger partial charge in [0.25, 0.3) is 11.8 Å². The number of imide groups is 1. The molecule has 3 heterocycles. The zero-order valence-corrected chi connectivity index (χ0v) is 28.9. The molecule has 0 spiro atoms. The Morgan fingerprint density at radius 1 is 0.898 bits per heavy atom. The highest BCUT2D eigenvalue weighted by Gasteiger charge is 2.43. The third kappa shape index (κ3) is 6.78. The number of nitrogens with one attached hydrogen (secondary N) is 1. The summed E-state index contributed by atoms with van der Waals surface area (Å²) >= 11 is 0. The van der Waals surface area contributed by atoms with Crippen LogP contribution in [0, 0.1) is 6.92 Å². The number of benzene rings is 3. The molecule has 2 aliphatic rings. The van der Waals surface area contributed by atoms with Crippen molar-refractivity contribution < 1.29 is 32.0 Å². The fourth-order valence-corrected chi connectivity index (χ4v) is 7.92. The zero-order chi connectivity index (χ0) is 34.7. The van der Waals surface area contributed by atoms with Crippen LogP contribution in [0.4, 0.5) is 5.69 Å². The van der Waals surface area contributed by atoms with E-state index in [0.717, 1.165) is 25.0 Å². The number of aromatic nitrogens is 1. The Morgan fingerprint density at radius 2 is 1.63 bits per heavy atom. The van der Waals surface area contributed by atoms with Crippen LogP contribution in [0.2, 0.25) is 0 Å². The zero-order valence-electron chi connectivity index (χ0n) is 28.1. The van der Waals surface area contributed by atoms with Gasteiger partial charge in [-0.3, -0.25) is 19.4 Å². The Balaban J connectivity index is 1.24. The number of ether oxygens (including phenoxy) is 2. The van der Waals surface area contributed by atoms with E-state index in [4.69, 9.17) is 14.0 Å². The van der Waals surface area contributed by atoms with E-state index in [1.165, 1.54) is 31.6 Å². The van der Waals surface area contributed by atoms with Gasteiger partial charge in [-0.1, -0.05) is 47.6 Å². The highest BCUT2D eigenvalue weighted by Crippen LogP contribution is 2.40. The second kappa shape index (κ2) is 14.4. The van der Waals surface area contributed by atoms with Gasteiger partial charge in [-0.15, -0.1) is 0 Å². The van der Waals surface area contributed by atoms with Crippen molar-refractivity contribution in [3.63, 3.8) is 0 Å². The van der Waals surface area contributed by atoms with Gasteiger partial charge in [-0.05, 0) is 62.1 Å². The molecule has 1 N–H and O–H groups in total. The quantitative estimate of drug-likeness (QED) is 0.152. The molecule has 0 saturated carbocycles. The number of fused-ring (bicyclic) bond motifs is 1. The van der Waals surface area contributed by atoms with Crippen molar-refractivity contribution in [1.82, 2.24) is 19.7 Å². The maximum atomic E-state index is 14.4. The van der Waals surface area contributed by atoms with Crippen LogP contribution in [0.3, 0.4) is 0 Å². The lowest BCUT2D eigenvalue weighted by Crippen LogP contribution is -2.47. The summed E-state index contributed by atoms with van der Waals surface area (Å²) in [6.45, 7) is 6.84. The van der Waals surface area contributed by atoms with Crippen molar-refractivity contribution in [3.05, 3.63) is 101 Å². The van der Waals surface area contributed by atoms with Crippen LogP contribution in [-0.2, 0) is 10.0 Å². The molecule has 2 aliphatic heterocycles. The van der Waals surface area contributed by atoms with E-state index >= 15 is 0 Å². The highest BCUT2D eigenvalue weighted by molar-refractivity contribution is 7.89. The number of sulfonamides is 1. The molecule has 258 valence electrons. The Morgan fingerprint density at radius 3 is 2.31 bits per heavy atom. The van der Waals surface area contributed by atoms with Crippen LogP contribution < -0.4 is 19.1 Å². The predicted molar refractivity (Wildman–Crippen MR) is 184 cm³/mol. The summed E-state index contributed by atoms with van der Waals surface area (Å²) in [5, 5.41) is 3.56. The average molecular weight is 688 g/mol. The molecule has 6 rings (SSSR count). The molecular weight excluding hydrogens is 646 g/mol. The van der Waals surface area contributed by atoms with Crippen molar-refractivity contribution in [2.24, 2.45) is 0 Å². The van der Waals surface area contributed by atoms with Crippen molar-refractivity contribution >= 4 is 27.5 Å². The number of rotatable bonds is 13. The van der Waals surface area contributed by atoms with Crippen LogP contribution in [0.25, 0.3) is 0 Å². The number of carbonyl (C=O) groups is 2. The van der Waals surface area contributed by atoms with E-state index in [2.05, 4.69) is 50.9 Å². The van der Waals surface area contributed by atoms with Crippen LogP contribution in [0.5, 0.6) is 11.5 Å². The van der Waals surface area contributed by atoms with Gasteiger partial charge in [0.1, 0.15) is 4.90 Å². The molecule has 1 fully saturated rings. The summed E-state index contributed by atoms with van der Waals surface area (Å²) in [5.74, 6) is 0.375. The van der Waals surface area contributed by atoms with Gasteiger partial charge in [0.05, 0.1) is 43.3 Å². The van der Waals surface area contributed by atoms with Crippen molar-refractivity contribution in [1.29, 1.82) is 0 Å². The summed E-state index contributed by atoms with van der Waals surface area (Å²) in [4.78, 5) is 34.4. The molecule has 0 aliphatic carbocycles. The standard InChI is InChI=1S/C36H41N5O7S/c1-24(26-10-6-5-7-11-26)39-18-20-40(21-19-39)30-13-8-12-28-34(30)36(43)41(35(28)42)29(27-15-16-31(46-3)32(22-27)47-4)14-9-17-38-49(44,45)33-23-37-48-25(33)2/h5-8,10-13,15-16,22-24,29,38H,9,14,17-21H2,1-4H3/t24?,29-/m1/s1. The van der Waals surface area contributed by atoms with Crippen molar-refractivity contribution in [2.75, 3.05) is 51.8 Å². The monoisotopic (exact) mass is 687 g/mol. The van der Waals surface area contributed by atoms with Crippen molar-refractivity contribution in [2.45, 2.75) is 43.7 Å². The summed E-state index contributed by atoms with van der Waals surface area (Å²) in [5.41, 5.74) is 3.42. The lowest BCUT2D eigenvalue weighted by atomic mass is 9.99. The highest BCUT2D eigenvalue weighted by atomic mass is 32.2. The second-order valence-corrected chi connectivity index (χ2v) is 13.9. The molecule has 0 radical (unpaired) electrons. The van der Waals surface area contributed by atoms with Gasteiger partial charge in [-0.25, -0.2) is 13.1 Å². The van der Waals surface area contributed by atoms with E-state index in [0.29, 0.717) is 47.7 Å². The van der Waals surface area contributed by atoms with Gasteiger partial charge in [0, 0.05) is 38.8 Å². The van der Waals surface area contributed by atoms with Crippen LogP contribution in [-0.4, -0.2) is 82.1 Å². The molecule has 4 aromatic rings. The molecule has 1 saturated heterocycles. The van der Waals surface area contributed by atoms with Gasteiger partial charge in [0.15, 0.2) is 17.3 Å². The number of amides is 2. The molecule has 1 unspecified atom stereocenters. The van der Waals surface area contributed by atoms with Crippen molar-refractivity contribution in [3.8, 4) is 11.5 Å². The van der Waals surface area contributed by atoms with E-state index in [1.807, 2.05) is 18.2 Å². The minimum atomic E-state index is -3.86. The van der Waals surface area contributed by atoms with Gasteiger partial charge in [0.2, 0.25) is 10.0 Å². The topological polar surface area (TPSA) is 135 Å². The van der Waals surface area contributed by atoms with E-state index in [9.17, 15) is 18.0 Å². The predicted octanol–water partition coefficient (Wildman–Crippen LogP) is 4.98. The van der Waals surface area contributed by atoms with E-state index in [-0.39, 0.29) is 35.6 Å². The lowest BCUT2D eigenvalue weighted by Gasteiger charge is -2.39. The molecule has 13 heteroatoms. The maximum Gasteiger partial charge on any atom is 0.264 e. The summed E-state index contributed by atoms with van der Waals surface area (Å²) in [7, 11) is -0.802. The normalized spacial score (nSPS) is 16.5. The molecule has 12 nitrogen and oxygen atoms in total. The van der Waals surface area contributed by atoms with Gasteiger partial charge >= 0.3 is 0 Å². The first-order valence-corrected chi connectivity index (χ1v) is 17.8. The molecule has 49 heavy (non-hydrogen) atoms.